The van der Waals surface area contributed by atoms with Crippen molar-refractivity contribution >= 4 is 23.2 Å². The van der Waals surface area contributed by atoms with Crippen LogP contribution in [0.3, 0.4) is 0 Å². The summed E-state index contributed by atoms with van der Waals surface area (Å²) in [4.78, 5) is 17.0. The van der Waals surface area contributed by atoms with Crippen LogP contribution >= 0.6 is 11.6 Å². The maximum absolute atomic E-state index is 12.3. The zero-order valence-corrected chi connectivity index (χ0v) is 15.1. The van der Waals surface area contributed by atoms with E-state index in [-0.39, 0.29) is 11.8 Å². The Hall–Kier alpha value is -3.05. The van der Waals surface area contributed by atoms with Gasteiger partial charge < -0.3 is 14.1 Å². The highest BCUT2D eigenvalue weighted by molar-refractivity contribution is 6.30. The van der Waals surface area contributed by atoms with Gasteiger partial charge in [0.15, 0.2) is 0 Å². The fraction of sp³-hybridized carbons (Fsp3) is 0.143. The predicted molar refractivity (Wildman–Crippen MR) is 103 cm³/mol. The maximum atomic E-state index is 12.3. The quantitative estimate of drug-likeness (QED) is 0.563. The summed E-state index contributed by atoms with van der Waals surface area (Å²) in [6.07, 6.45) is 2.29. The van der Waals surface area contributed by atoms with E-state index in [9.17, 15) is 4.79 Å². The number of aromatic nitrogens is 2. The Morgan fingerprint density at radius 2 is 2.07 bits per heavy atom. The first kappa shape index (κ1) is 16.1. The summed E-state index contributed by atoms with van der Waals surface area (Å²) < 4.78 is 8.21. The number of furan rings is 1. The third-order valence-electron chi connectivity index (χ3n) is 4.90. The molecular formula is C21H16ClN3O2. The fourth-order valence-corrected chi connectivity index (χ4v) is 3.86. The van der Waals surface area contributed by atoms with E-state index in [1.807, 2.05) is 65.2 Å². The number of amides is 1. The van der Waals surface area contributed by atoms with Crippen molar-refractivity contribution in [3.63, 3.8) is 0 Å². The van der Waals surface area contributed by atoms with Crippen molar-refractivity contribution in [2.45, 2.75) is 18.9 Å². The van der Waals surface area contributed by atoms with E-state index < -0.39 is 0 Å². The van der Waals surface area contributed by atoms with E-state index in [0.717, 1.165) is 34.1 Å². The van der Waals surface area contributed by atoms with E-state index >= 15 is 0 Å². The Morgan fingerprint density at radius 3 is 2.96 bits per heavy atom. The molecule has 4 aromatic rings. The van der Waals surface area contributed by atoms with Crippen LogP contribution in [0, 0.1) is 0 Å². The summed E-state index contributed by atoms with van der Waals surface area (Å²) in [6, 6.07) is 17.3. The first-order valence-electron chi connectivity index (χ1n) is 8.77. The Bertz CT molecular complexity index is 1160. The number of carbonyl (C=O) groups is 1. The van der Waals surface area contributed by atoms with Gasteiger partial charge in [0.05, 0.1) is 23.9 Å². The number of hydrogen-bond donors (Lipinski definition) is 1. The molecule has 1 aliphatic heterocycles. The third-order valence-corrected chi connectivity index (χ3v) is 5.13. The average Bonchev–Trinajstić information content (AvgIpc) is 3.26. The van der Waals surface area contributed by atoms with E-state index in [1.165, 1.54) is 0 Å². The molecule has 1 aromatic carbocycles. The van der Waals surface area contributed by atoms with Crippen molar-refractivity contribution in [2.24, 2.45) is 0 Å². The minimum Gasteiger partial charge on any atom is -0.460 e. The normalized spacial score (nSPS) is 16.8. The Morgan fingerprint density at radius 1 is 1.15 bits per heavy atom. The molecule has 6 heteroatoms. The van der Waals surface area contributed by atoms with Gasteiger partial charge in [-0.05, 0) is 36.4 Å². The molecule has 5 nitrogen and oxygen atoms in total. The van der Waals surface area contributed by atoms with E-state index in [2.05, 4.69) is 10.3 Å². The van der Waals surface area contributed by atoms with Gasteiger partial charge in [0, 0.05) is 23.2 Å². The number of halogens is 1. The van der Waals surface area contributed by atoms with Crippen LogP contribution < -0.4 is 5.32 Å². The SMILES string of the molecule is O=C1CC(c2ccc(-c3cccc(Cl)c3)o2)c2c(nc3ccccn23)CN1. The third kappa shape index (κ3) is 2.80. The summed E-state index contributed by atoms with van der Waals surface area (Å²) in [5, 5.41) is 3.59. The van der Waals surface area contributed by atoms with Crippen LogP contribution in [0.2, 0.25) is 5.02 Å². The predicted octanol–water partition coefficient (Wildman–Crippen LogP) is 4.40. The van der Waals surface area contributed by atoms with Gasteiger partial charge in [0.25, 0.3) is 0 Å². The van der Waals surface area contributed by atoms with Crippen LogP contribution in [0.5, 0.6) is 0 Å². The molecule has 0 aliphatic carbocycles. The van der Waals surface area contributed by atoms with Crippen molar-refractivity contribution < 1.29 is 9.21 Å². The number of nitrogens with zero attached hydrogens (tertiary/aromatic N) is 2. The van der Waals surface area contributed by atoms with E-state index in [1.54, 1.807) is 0 Å². The zero-order valence-electron chi connectivity index (χ0n) is 14.4. The molecule has 0 spiro atoms. The van der Waals surface area contributed by atoms with Crippen LogP contribution in [0.15, 0.2) is 65.2 Å². The Labute approximate surface area is 160 Å². The molecule has 0 saturated carbocycles. The van der Waals surface area contributed by atoms with Crippen molar-refractivity contribution in [2.75, 3.05) is 0 Å². The first-order valence-corrected chi connectivity index (χ1v) is 9.15. The van der Waals surface area contributed by atoms with Gasteiger partial charge >= 0.3 is 0 Å². The minimum absolute atomic E-state index is 0.0108. The molecule has 1 atom stereocenters. The summed E-state index contributed by atoms with van der Waals surface area (Å²) in [6.45, 7) is 0.425. The molecule has 1 aliphatic rings. The first-order chi connectivity index (χ1) is 13.2. The highest BCUT2D eigenvalue weighted by Crippen LogP contribution is 2.36. The molecule has 1 amide bonds. The number of nitrogens with one attached hydrogen (secondary N) is 1. The van der Waals surface area contributed by atoms with Gasteiger partial charge in [-0.1, -0.05) is 29.8 Å². The fourth-order valence-electron chi connectivity index (χ4n) is 3.67. The molecule has 27 heavy (non-hydrogen) atoms. The molecule has 134 valence electrons. The van der Waals surface area contributed by atoms with Crippen molar-refractivity contribution in [1.29, 1.82) is 0 Å². The van der Waals surface area contributed by atoms with Crippen LogP contribution in [-0.2, 0) is 11.3 Å². The number of carbonyl (C=O) groups excluding carboxylic acids is 1. The van der Waals surface area contributed by atoms with E-state index in [4.69, 9.17) is 16.0 Å². The van der Waals surface area contributed by atoms with Gasteiger partial charge in [0.2, 0.25) is 5.91 Å². The molecule has 0 saturated heterocycles. The van der Waals surface area contributed by atoms with Crippen LogP contribution in [0.25, 0.3) is 17.0 Å². The topological polar surface area (TPSA) is 59.5 Å². The molecule has 0 bridgehead atoms. The largest absolute Gasteiger partial charge is 0.460 e. The summed E-state index contributed by atoms with van der Waals surface area (Å²) in [5.41, 5.74) is 3.64. The molecule has 5 rings (SSSR count). The van der Waals surface area contributed by atoms with Crippen molar-refractivity contribution in [3.05, 3.63) is 83.0 Å². The molecule has 1 N–H and O–H groups in total. The number of rotatable bonds is 2. The standard InChI is InChI=1S/C21H16ClN3O2/c22-14-5-3-4-13(10-14)17-7-8-18(27-17)15-11-20(26)23-12-16-21(15)25-9-2-1-6-19(25)24-16/h1-10,15H,11-12H2,(H,23,26). The lowest BCUT2D eigenvalue weighted by atomic mass is 9.97. The summed E-state index contributed by atoms with van der Waals surface area (Å²) >= 11 is 6.10. The molecule has 0 fully saturated rings. The van der Waals surface area contributed by atoms with Gasteiger partial charge in [-0.3, -0.25) is 4.79 Å². The highest BCUT2D eigenvalue weighted by Gasteiger charge is 2.30. The number of fused-ring (bicyclic) bond motifs is 3. The molecule has 0 radical (unpaired) electrons. The van der Waals surface area contributed by atoms with Gasteiger partial charge in [0.1, 0.15) is 17.2 Å². The second-order valence-electron chi connectivity index (χ2n) is 6.62. The molecule has 3 aromatic heterocycles. The second-order valence-corrected chi connectivity index (χ2v) is 7.05. The molecule has 4 heterocycles. The Balaban J connectivity index is 1.63. The zero-order chi connectivity index (χ0) is 18.4. The lowest BCUT2D eigenvalue weighted by molar-refractivity contribution is -0.121. The smallest absolute Gasteiger partial charge is 0.221 e. The maximum Gasteiger partial charge on any atom is 0.221 e. The number of pyridine rings is 1. The highest BCUT2D eigenvalue weighted by atomic mass is 35.5. The second kappa shape index (κ2) is 6.28. The lowest BCUT2D eigenvalue weighted by Crippen LogP contribution is -2.21. The Kier molecular flexibility index (Phi) is 3.76. The van der Waals surface area contributed by atoms with Gasteiger partial charge in [-0.25, -0.2) is 4.98 Å². The monoisotopic (exact) mass is 377 g/mol. The van der Waals surface area contributed by atoms with E-state index in [0.29, 0.717) is 18.0 Å². The van der Waals surface area contributed by atoms with Crippen LogP contribution in [0.4, 0.5) is 0 Å². The molecular weight excluding hydrogens is 362 g/mol. The lowest BCUT2D eigenvalue weighted by Gasteiger charge is -2.12. The van der Waals surface area contributed by atoms with Gasteiger partial charge in [-0.15, -0.1) is 0 Å². The average molecular weight is 378 g/mol. The number of hydrogen-bond acceptors (Lipinski definition) is 3. The molecule has 1 unspecified atom stereocenters. The summed E-state index contributed by atoms with van der Waals surface area (Å²) in [7, 11) is 0. The minimum atomic E-state index is -0.201. The van der Waals surface area contributed by atoms with Crippen LogP contribution in [-0.4, -0.2) is 15.3 Å². The van der Waals surface area contributed by atoms with Gasteiger partial charge in [-0.2, -0.15) is 0 Å². The number of imidazole rings is 1. The number of benzene rings is 1. The van der Waals surface area contributed by atoms with Crippen molar-refractivity contribution in [1.82, 2.24) is 14.7 Å². The van der Waals surface area contributed by atoms with Crippen LogP contribution in [0.1, 0.15) is 29.5 Å². The summed E-state index contributed by atoms with van der Waals surface area (Å²) in [5.74, 6) is 1.26. The van der Waals surface area contributed by atoms with Crippen molar-refractivity contribution in [3.8, 4) is 11.3 Å².